The number of rotatable bonds is 6. The van der Waals surface area contributed by atoms with Crippen molar-refractivity contribution in [3.63, 3.8) is 0 Å². The normalized spacial score (nSPS) is 10.2. The summed E-state index contributed by atoms with van der Waals surface area (Å²) in [5.74, 6) is 0.360. The van der Waals surface area contributed by atoms with Crippen LogP contribution in [0, 0.1) is 0 Å². The molecule has 1 rings (SSSR count). The topological polar surface area (TPSA) is 59.9 Å². The van der Waals surface area contributed by atoms with E-state index in [0.29, 0.717) is 13.2 Å². The van der Waals surface area contributed by atoms with Crippen LogP contribution in [0.1, 0.15) is 12.5 Å². The third-order valence-electron chi connectivity index (χ3n) is 1.99. The molecule has 0 saturated carbocycles. The minimum atomic E-state index is -0.449. The van der Waals surface area contributed by atoms with Gasteiger partial charge in [-0.2, -0.15) is 5.10 Å². The smallest absolute Gasteiger partial charge is 0.351 e. The summed E-state index contributed by atoms with van der Waals surface area (Å²) in [5, 5.41) is 3.75. The van der Waals surface area contributed by atoms with Crippen molar-refractivity contribution in [3.8, 4) is 5.75 Å². The van der Waals surface area contributed by atoms with E-state index in [2.05, 4.69) is 15.3 Å². The first-order valence-corrected chi connectivity index (χ1v) is 5.32. The highest BCUT2D eigenvalue weighted by atomic mass is 16.5. The van der Waals surface area contributed by atoms with E-state index in [1.54, 1.807) is 14.0 Å². The molecule has 1 aromatic carbocycles. The predicted molar refractivity (Wildman–Crippen MR) is 65.0 cm³/mol. The summed E-state index contributed by atoms with van der Waals surface area (Å²) < 4.78 is 9.72. The molecule has 0 saturated heterocycles. The predicted octanol–water partition coefficient (Wildman–Crippen LogP) is 1.33. The maximum absolute atomic E-state index is 10.9. The summed E-state index contributed by atoms with van der Waals surface area (Å²) in [5.41, 5.74) is 3.80. The first kappa shape index (κ1) is 13.0. The monoisotopic (exact) mass is 236 g/mol. The molecule has 0 aliphatic carbocycles. The van der Waals surface area contributed by atoms with Crippen molar-refractivity contribution < 1.29 is 14.3 Å². The molecule has 17 heavy (non-hydrogen) atoms. The van der Waals surface area contributed by atoms with Gasteiger partial charge in [-0.1, -0.05) is 12.1 Å². The van der Waals surface area contributed by atoms with Crippen molar-refractivity contribution in [1.82, 2.24) is 5.43 Å². The van der Waals surface area contributed by atoms with Crippen LogP contribution in [0.3, 0.4) is 0 Å². The molecule has 0 amide bonds. The van der Waals surface area contributed by atoms with Crippen LogP contribution in [0.4, 0.5) is 0 Å². The Morgan fingerprint density at radius 2 is 2.12 bits per heavy atom. The number of ether oxygens (including phenoxy) is 2. The zero-order chi connectivity index (χ0) is 12.5. The number of esters is 1. The third-order valence-corrected chi connectivity index (χ3v) is 1.99. The van der Waals surface area contributed by atoms with Gasteiger partial charge in [-0.05, 0) is 24.6 Å². The fraction of sp³-hybridized carbons (Fsp3) is 0.333. The van der Waals surface area contributed by atoms with Gasteiger partial charge in [-0.25, -0.2) is 4.79 Å². The Balaban J connectivity index is 2.32. The largest absolute Gasteiger partial charge is 0.497 e. The van der Waals surface area contributed by atoms with E-state index in [9.17, 15) is 4.79 Å². The van der Waals surface area contributed by atoms with Crippen LogP contribution in [-0.4, -0.2) is 25.9 Å². The Morgan fingerprint density at radius 3 is 2.71 bits per heavy atom. The number of methoxy groups -OCH3 is 1. The van der Waals surface area contributed by atoms with Crippen LogP contribution in [0.5, 0.6) is 5.75 Å². The lowest BCUT2D eigenvalue weighted by molar-refractivity contribution is -0.134. The number of hydrazone groups is 1. The van der Waals surface area contributed by atoms with Gasteiger partial charge < -0.3 is 14.9 Å². The number of hydrogen-bond donors (Lipinski definition) is 1. The second-order valence-corrected chi connectivity index (χ2v) is 3.19. The number of carbonyl (C=O) groups is 1. The zero-order valence-corrected chi connectivity index (χ0v) is 9.97. The molecule has 0 atom stereocenters. The fourth-order valence-electron chi connectivity index (χ4n) is 1.16. The molecule has 5 nitrogen and oxygen atoms in total. The molecule has 0 fully saturated rings. The highest BCUT2D eigenvalue weighted by molar-refractivity contribution is 6.23. The minimum absolute atomic E-state index is 0.351. The summed E-state index contributed by atoms with van der Waals surface area (Å²) in [6.45, 7) is 2.64. The molecular formula is C12H16N2O3. The molecule has 0 unspecified atom stereocenters. The molecule has 0 aliphatic heterocycles. The quantitative estimate of drug-likeness (QED) is 0.460. The highest BCUT2D eigenvalue weighted by Gasteiger charge is 1.95. The SMILES string of the molecule is CCOC(=O)C=NNCc1ccc(OC)cc1. The van der Waals surface area contributed by atoms with Gasteiger partial charge in [0.1, 0.15) is 12.0 Å². The highest BCUT2D eigenvalue weighted by Crippen LogP contribution is 2.10. The molecule has 5 heteroatoms. The van der Waals surface area contributed by atoms with Crippen molar-refractivity contribution in [2.45, 2.75) is 13.5 Å². The molecular weight excluding hydrogens is 220 g/mol. The van der Waals surface area contributed by atoms with Crippen molar-refractivity contribution in [3.05, 3.63) is 29.8 Å². The van der Waals surface area contributed by atoms with Crippen molar-refractivity contribution in [2.75, 3.05) is 13.7 Å². The summed E-state index contributed by atoms with van der Waals surface area (Å²) in [4.78, 5) is 10.9. The van der Waals surface area contributed by atoms with Crippen molar-refractivity contribution in [2.24, 2.45) is 5.10 Å². The van der Waals surface area contributed by atoms with Gasteiger partial charge in [-0.15, -0.1) is 0 Å². The molecule has 0 radical (unpaired) electrons. The van der Waals surface area contributed by atoms with E-state index in [1.165, 1.54) is 0 Å². The van der Waals surface area contributed by atoms with Gasteiger partial charge in [0.15, 0.2) is 0 Å². The molecule has 0 aromatic heterocycles. The first-order chi connectivity index (χ1) is 8.26. The van der Waals surface area contributed by atoms with E-state index >= 15 is 0 Å². The second-order valence-electron chi connectivity index (χ2n) is 3.19. The Morgan fingerprint density at radius 1 is 1.41 bits per heavy atom. The third kappa shape index (κ3) is 5.01. The Labute approximate surface area is 100 Å². The Bertz CT molecular complexity index is 374. The van der Waals surface area contributed by atoms with Gasteiger partial charge in [0.2, 0.25) is 0 Å². The van der Waals surface area contributed by atoms with Crippen LogP contribution in [0.25, 0.3) is 0 Å². The van der Waals surface area contributed by atoms with E-state index in [4.69, 9.17) is 4.74 Å². The average molecular weight is 236 g/mol. The maximum Gasteiger partial charge on any atom is 0.351 e. The van der Waals surface area contributed by atoms with E-state index in [-0.39, 0.29) is 0 Å². The number of nitrogens with one attached hydrogen (secondary N) is 1. The van der Waals surface area contributed by atoms with E-state index in [0.717, 1.165) is 17.5 Å². The van der Waals surface area contributed by atoms with Crippen LogP contribution < -0.4 is 10.2 Å². The summed E-state index contributed by atoms with van der Waals surface area (Å²) in [7, 11) is 1.62. The summed E-state index contributed by atoms with van der Waals surface area (Å²) >= 11 is 0. The molecule has 1 aromatic rings. The average Bonchev–Trinajstić information content (AvgIpc) is 2.36. The molecule has 0 spiro atoms. The zero-order valence-electron chi connectivity index (χ0n) is 9.97. The second kappa shape index (κ2) is 7.27. The summed E-state index contributed by atoms with van der Waals surface area (Å²) in [6.07, 6.45) is 1.12. The van der Waals surface area contributed by atoms with Crippen LogP contribution in [0.2, 0.25) is 0 Å². The van der Waals surface area contributed by atoms with Crippen LogP contribution >= 0.6 is 0 Å². The van der Waals surface area contributed by atoms with Gasteiger partial charge in [0, 0.05) is 0 Å². The lowest BCUT2D eigenvalue weighted by Gasteiger charge is -2.02. The standard InChI is InChI=1S/C12H16N2O3/c1-3-17-12(15)9-14-13-8-10-4-6-11(16-2)7-5-10/h4-7,9,13H,3,8H2,1-2H3. The number of carbonyl (C=O) groups excluding carboxylic acids is 1. The number of hydrogen-bond acceptors (Lipinski definition) is 5. The van der Waals surface area contributed by atoms with Crippen molar-refractivity contribution in [1.29, 1.82) is 0 Å². The van der Waals surface area contributed by atoms with E-state index in [1.807, 2.05) is 24.3 Å². The number of benzene rings is 1. The Hall–Kier alpha value is -2.04. The maximum atomic E-state index is 10.9. The molecule has 0 heterocycles. The number of nitrogens with zero attached hydrogens (tertiary/aromatic N) is 1. The minimum Gasteiger partial charge on any atom is -0.497 e. The Kier molecular flexibility index (Phi) is 5.57. The van der Waals surface area contributed by atoms with E-state index < -0.39 is 5.97 Å². The molecule has 0 aliphatic rings. The molecule has 92 valence electrons. The fourth-order valence-corrected chi connectivity index (χ4v) is 1.16. The molecule has 1 N–H and O–H groups in total. The van der Waals surface area contributed by atoms with Crippen LogP contribution in [0.15, 0.2) is 29.4 Å². The lowest BCUT2D eigenvalue weighted by atomic mass is 10.2. The summed E-state index contributed by atoms with van der Waals surface area (Å²) in [6, 6.07) is 7.58. The molecule has 0 bridgehead atoms. The van der Waals surface area contributed by atoms with Gasteiger partial charge in [0.25, 0.3) is 0 Å². The first-order valence-electron chi connectivity index (χ1n) is 5.32. The lowest BCUT2D eigenvalue weighted by Crippen LogP contribution is -2.10. The van der Waals surface area contributed by atoms with Gasteiger partial charge >= 0.3 is 5.97 Å². The van der Waals surface area contributed by atoms with Crippen LogP contribution in [-0.2, 0) is 16.1 Å². The van der Waals surface area contributed by atoms with Gasteiger partial charge in [0.05, 0.1) is 20.3 Å². The van der Waals surface area contributed by atoms with Crippen molar-refractivity contribution >= 4 is 12.2 Å². The van der Waals surface area contributed by atoms with Gasteiger partial charge in [-0.3, -0.25) is 0 Å².